The second-order valence-electron chi connectivity index (χ2n) is 7.30. The first-order valence-electron chi connectivity index (χ1n) is 10.7. The van der Waals surface area contributed by atoms with Gasteiger partial charge in [-0.3, -0.25) is 0 Å². The molecule has 6 heteroatoms. The summed E-state index contributed by atoms with van der Waals surface area (Å²) in [6.45, 7) is 6.35. The average Bonchev–Trinajstić information content (AvgIpc) is 2.80. The van der Waals surface area contributed by atoms with Gasteiger partial charge in [0, 0.05) is 31.9 Å². The number of para-hydroxylation sites is 1. The lowest BCUT2D eigenvalue weighted by Gasteiger charge is -2.22. The Morgan fingerprint density at radius 1 is 1.07 bits per heavy atom. The van der Waals surface area contributed by atoms with Gasteiger partial charge in [-0.15, -0.1) is 0 Å². The zero-order valence-corrected chi connectivity index (χ0v) is 18.0. The lowest BCUT2D eigenvalue weighted by Crippen LogP contribution is -2.36. The average molecular weight is 412 g/mol. The van der Waals surface area contributed by atoms with Crippen molar-refractivity contribution in [1.29, 1.82) is 0 Å². The van der Waals surface area contributed by atoms with E-state index >= 15 is 0 Å². The minimum atomic E-state index is 0.306. The lowest BCUT2D eigenvalue weighted by atomic mass is 10.1. The zero-order chi connectivity index (χ0) is 21.0. The van der Waals surface area contributed by atoms with E-state index in [0.717, 1.165) is 55.4 Å². The number of rotatable bonds is 9. The summed E-state index contributed by atoms with van der Waals surface area (Å²) in [6, 6.07) is 16.5. The summed E-state index contributed by atoms with van der Waals surface area (Å²) in [4.78, 5) is 4.74. The van der Waals surface area contributed by atoms with Crippen LogP contribution in [0.3, 0.4) is 0 Å². The van der Waals surface area contributed by atoms with E-state index in [0.29, 0.717) is 25.8 Å². The van der Waals surface area contributed by atoms with Crippen LogP contribution >= 0.6 is 0 Å². The molecule has 0 spiro atoms. The van der Waals surface area contributed by atoms with E-state index in [2.05, 4.69) is 47.9 Å². The standard InChI is InChI=1S/C24H33N3O3/c1-3-25-24(27-17-21-9-4-5-10-23(21)28-2)26-16-19-7-6-8-20(15-19)18-30-22-11-13-29-14-12-22/h4-10,15,22H,3,11-14,16-18H2,1-2H3,(H2,25,26,27). The molecule has 1 aliphatic rings. The van der Waals surface area contributed by atoms with Crippen molar-refractivity contribution in [3.05, 3.63) is 65.2 Å². The second-order valence-corrected chi connectivity index (χ2v) is 7.30. The van der Waals surface area contributed by atoms with Gasteiger partial charge in [0.05, 0.1) is 26.4 Å². The molecule has 2 N–H and O–H groups in total. The predicted molar refractivity (Wildman–Crippen MR) is 120 cm³/mol. The monoisotopic (exact) mass is 411 g/mol. The Hall–Kier alpha value is -2.57. The predicted octanol–water partition coefficient (Wildman–Crippen LogP) is 3.65. The highest BCUT2D eigenvalue weighted by Gasteiger charge is 2.14. The fourth-order valence-corrected chi connectivity index (χ4v) is 3.41. The van der Waals surface area contributed by atoms with Crippen molar-refractivity contribution in [3.63, 3.8) is 0 Å². The van der Waals surface area contributed by atoms with Crippen molar-refractivity contribution in [2.24, 2.45) is 4.99 Å². The Morgan fingerprint density at radius 3 is 2.67 bits per heavy atom. The first-order valence-corrected chi connectivity index (χ1v) is 10.7. The van der Waals surface area contributed by atoms with Crippen molar-refractivity contribution in [2.75, 3.05) is 26.9 Å². The summed E-state index contributed by atoms with van der Waals surface area (Å²) in [5.41, 5.74) is 3.44. The van der Waals surface area contributed by atoms with Gasteiger partial charge in [0.15, 0.2) is 5.96 Å². The number of ether oxygens (including phenoxy) is 3. The number of hydrogen-bond donors (Lipinski definition) is 2. The van der Waals surface area contributed by atoms with E-state index in [4.69, 9.17) is 19.2 Å². The fourth-order valence-electron chi connectivity index (χ4n) is 3.41. The molecular weight excluding hydrogens is 378 g/mol. The van der Waals surface area contributed by atoms with Gasteiger partial charge in [0.2, 0.25) is 0 Å². The normalized spacial score (nSPS) is 15.1. The lowest BCUT2D eigenvalue weighted by molar-refractivity contribution is -0.0390. The van der Waals surface area contributed by atoms with Crippen LogP contribution in [-0.4, -0.2) is 38.9 Å². The van der Waals surface area contributed by atoms with E-state index in [1.54, 1.807) is 7.11 Å². The summed E-state index contributed by atoms with van der Waals surface area (Å²) in [5, 5.41) is 6.69. The Morgan fingerprint density at radius 2 is 1.87 bits per heavy atom. The molecule has 2 aromatic carbocycles. The number of aliphatic imine (C=N–C) groups is 1. The van der Waals surface area contributed by atoms with Crippen LogP contribution in [0.15, 0.2) is 53.5 Å². The third-order valence-electron chi connectivity index (χ3n) is 5.05. The molecule has 0 unspecified atom stereocenters. The fraction of sp³-hybridized carbons (Fsp3) is 0.458. The van der Waals surface area contributed by atoms with Crippen LogP contribution in [0.4, 0.5) is 0 Å². The summed E-state index contributed by atoms with van der Waals surface area (Å²) in [5.74, 6) is 1.66. The molecule has 0 atom stereocenters. The van der Waals surface area contributed by atoms with Crippen LogP contribution in [0.1, 0.15) is 36.5 Å². The molecule has 0 amide bonds. The first-order chi connectivity index (χ1) is 14.8. The third-order valence-corrected chi connectivity index (χ3v) is 5.05. The second kappa shape index (κ2) is 12.2. The molecule has 1 heterocycles. The molecule has 0 bridgehead atoms. The maximum absolute atomic E-state index is 6.05. The van der Waals surface area contributed by atoms with Crippen molar-refractivity contribution in [3.8, 4) is 5.75 Å². The van der Waals surface area contributed by atoms with E-state index in [-0.39, 0.29) is 0 Å². The van der Waals surface area contributed by atoms with Gasteiger partial charge < -0.3 is 24.8 Å². The molecule has 6 nitrogen and oxygen atoms in total. The molecular formula is C24H33N3O3. The quantitative estimate of drug-likeness (QED) is 0.487. The van der Waals surface area contributed by atoms with Crippen LogP contribution in [0.25, 0.3) is 0 Å². The van der Waals surface area contributed by atoms with Crippen molar-refractivity contribution in [2.45, 2.75) is 45.6 Å². The number of benzene rings is 2. The van der Waals surface area contributed by atoms with Crippen LogP contribution in [0.2, 0.25) is 0 Å². The highest BCUT2D eigenvalue weighted by Crippen LogP contribution is 2.17. The van der Waals surface area contributed by atoms with Gasteiger partial charge in [-0.1, -0.05) is 42.5 Å². The van der Waals surface area contributed by atoms with Crippen molar-refractivity contribution < 1.29 is 14.2 Å². The van der Waals surface area contributed by atoms with Gasteiger partial charge in [0.1, 0.15) is 5.75 Å². The molecule has 1 aliphatic heterocycles. The van der Waals surface area contributed by atoms with E-state index in [1.165, 1.54) is 5.56 Å². The Kier molecular flexibility index (Phi) is 9.00. The van der Waals surface area contributed by atoms with Gasteiger partial charge >= 0.3 is 0 Å². The maximum Gasteiger partial charge on any atom is 0.191 e. The summed E-state index contributed by atoms with van der Waals surface area (Å²) in [6.07, 6.45) is 2.27. The van der Waals surface area contributed by atoms with E-state index < -0.39 is 0 Å². The number of hydrogen-bond acceptors (Lipinski definition) is 4. The van der Waals surface area contributed by atoms with Crippen molar-refractivity contribution in [1.82, 2.24) is 10.6 Å². The molecule has 0 aliphatic carbocycles. The van der Waals surface area contributed by atoms with Gasteiger partial charge in [-0.2, -0.15) is 0 Å². The van der Waals surface area contributed by atoms with Crippen molar-refractivity contribution >= 4 is 5.96 Å². The van der Waals surface area contributed by atoms with E-state index in [9.17, 15) is 0 Å². The minimum Gasteiger partial charge on any atom is -0.496 e. The van der Waals surface area contributed by atoms with Crippen LogP contribution in [0.5, 0.6) is 5.75 Å². The molecule has 162 valence electrons. The molecule has 1 fully saturated rings. The number of guanidine groups is 1. The molecule has 0 radical (unpaired) electrons. The van der Waals surface area contributed by atoms with Gasteiger partial charge in [0.25, 0.3) is 0 Å². The first kappa shape index (κ1) is 22.1. The summed E-state index contributed by atoms with van der Waals surface area (Å²) >= 11 is 0. The maximum atomic E-state index is 6.05. The van der Waals surface area contributed by atoms with Crippen LogP contribution in [0, 0.1) is 0 Å². The summed E-state index contributed by atoms with van der Waals surface area (Å²) in [7, 11) is 1.69. The molecule has 0 saturated carbocycles. The largest absolute Gasteiger partial charge is 0.496 e. The highest BCUT2D eigenvalue weighted by atomic mass is 16.5. The van der Waals surface area contributed by atoms with Crippen LogP contribution < -0.4 is 15.4 Å². The number of nitrogens with one attached hydrogen (secondary N) is 2. The Bertz CT molecular complexity index is 804. The topological polar surface area (TPSA) is 64.1 Å². The molecule has 1 saturated heterocycles. The molecule has 2 aromatic rings. The molecule has 0 aromatic heterocycles. The van der Waals surface area contributed by atoms with Gasteiger partial charge in [-0.05, 0) is 37.0 Å². The highest BCUT2D eigenvalue weighted by molar-refractivity contribution is 5.79. The molecule has 3 rings (SSSR count). The molecule has 30 heavy (non-hydrogen) atoms. The Balaban J connectivity index is 1.55. The van der Waals surface area contributed by atoms with Crippen LogP contribution in [-0.2, 0) is 29.2 Å². The van der Waals surface area contributed by atoms with Gasteiger partial charge in [-0.25, -0.2) is 4.99 Å². The number of nitrogens with zero attached hydrogens (tertiary/aromatic N) is 1. The third kappa shape index (κ3) is 7.04. The zero-order valence-electron chi connectivity index (χ0n) is 18.0. The smallest absolute Gasteiger partial charge is 0.191 e. The minimum absolute atomic E-state index is 0.306. The SMILES string of the molecule is CCNC(=NCc1cccc(COC2CCOCC2)c1)NCc1ccccc1OC. The Labute approximate surface area is 179 Å². The van der Waals surface area contributed by atoms with E-state index in [1.807, 2.05) is 18.2 Å². The summed E-state index contributed by atoms with van der Waals surface area (Å²) < 4.78 is 16.9. The number of methoxy groups -OCH3 is 1.